The van der Waals surface area contributed by atoms with E-state index in [1.54, 1.807) is 12.1 Å². The molecule has 1 fully saturated rings. The highest BCUT2D eigenvalue weighted by Gasteiger charge is 2.35. The van der Waals surface area contributed by atoms with Gasteiger partial charge in [0.05, 0.1) is 5.54 Å². The number of hydrogen-bond donors (Lipinski definition) is 4. The van der Waals surface area contributed by atoms with Crippen LogP contribution in [0.5, 0.6) is 0 Å². The van der Waals surface area contributed by atoms with Crippen molar-refractivity contribution >= 4 is 30.0 Å². The molecule has 0 saturated heterocycles. The number of primary amides is 1. The quantitative estimate of drug-likeness (QED) is 0.678. The fraction of sp³-hybridized carbons (Fsp3) is 0.467. The molecule has 6 nitrogen and oxygen atoms in total. The lowest BCUT2D eigenvalue weighted by atomic mass is 9.82. The van der Waals surface area contributed by atoms with Gasteiger partial charge in [-0.3, -0.25) is 4.79 Å². The monoisotopic (exact) mass is 326 g/mol. The van der Waals surface area contributed by atoms with E-state index >= 15 is 0 Å². The molecule has 0 unspecified atom stereocenters. The van der Waals surface area contributed by atoms with Crippen LogP contribution in [0.2, 0.25) is 0 Å². The van der Waals surface area contributed by atoms with Crippen LogP contribution in [0.25, 0.3) is 0 Å². The Balaban J connectivity index is 0.00000242. The number of hydrogen-bond acceptors (Lipinski definition) is 3. The molecular formula is C15H23ClN4O2. The molecule has 0 aliphatic heterocycles. The summed E-state index contributed by atoms with van der Waals surface area (Å²) in [4.78, 5) is 22.9. The van der Waals surface area contributed by atoms with Crippen LogP contribution in [0, 0.1) is 0 Å². The molecular weight excluding hydrogens is 304 g/mol. The van der Waals surface area contributed by atoms with E-state index in [2.05, 4.69) is 10.6 Å². The predicted octanol–water partition coefficient (Wildman–Crippen LogP) is 1.88. The van der Waals surface area contributed by atoms with Gasteiger partial charge < -0.3 is 22.1 Å². The minimum absolute atomic E-state index is 0. The topological polar surface area (TPSA) is 110 Å². The van der Waals surface area contributed by atoms with Crippen molar-refractivity contribution in [2.45, 2.75) is 44.2 Å². The van der Waals surface area contributed by atoms with Crippen molar-refractivity contribution < 1.29 is 9.59 Å². The first-order valence-electron chi connectivity index (χ1n) is 7.22. The zero-order valence-corrected chi connectivity index (χ0v) is 13.2. The molecule has 22 heavy (non-hydrogen) atoms. The average molecular weight is 327 g/mol. The second-order valence-electron chi connectivity index (χ2n) is 5.59. The highest BCUT2D eigenvalue weighted by Crippen LogP contribution is 2.27. The molecule has 122 valence electrons. The Morgan fingerprint density at radius 1 is 1.09 bits per heavy atom. The van der Waals surface area contributed by atoms with Gasteiger partial charge in [0.15, 0.2) is 0 Å². The Bertz CT molecular complexity index is 513. The summed E-state index contributed by atoms with van der Waals surface area (Å²) >= 11 is 0. The summed E-state index contributed by atoms with van der Waals surface area (Å²) in [6.07, 6.45) is 4.62. The van der Waals surface area contributed by atoms with E-state index in [1.165, 1.54) is 0 Å². The summed E-state index contributed by atoms with van der Waals surface area (Å²) < 4.78 is 0. The number of benzene rings is 1. The van der Waals surface area contributed by atoms with Crippen molar-refractivity contribution in [3.8, 4) is 0 Å². The zero-order valence-electron chi connectivity index (χ0n) is 12.4. The van der Waals surface area contributed by atoms with Crippen LogP contribution in [0.15, 0.2) is 24.3 Å². The molecule has 0 radical (unpaired) electrons. The third-order valence-corrected chi connectivity index (χ3v) is 3.88. The van der Waals surface area contributed by atoms with Crippen LogP contribution in [-0.4, -0.2) is 17.5 Å². The van der Waals surface area contributed by atoms with Gasteiger partial charge in [-0.1, -0.05) is 31.4 Å². The molecule has 0 aromatic heterocycles. The van der Waals surface area contributed by atoms with E-state index in [0.717, 1.165) is 37.7 Å². The molecule has 0 atom stereocenters. The summed E-state index contributed by atoms with van der Waals surface area (Å²) in [6, 6.07) is 6.69. The predicted molar refractivity (Wildman–Crippen MR) is 88.7 cm³/mol. The molecule has 3 amide bonds. The maximum atomic E-state index is 12.3. The maximum absolute atomic E-state index is 12.3. The van der Waals surface area contributed by atoms with Gasteiger partial charge in [-0.2, -0.15) is 0 Å². The number of rotatable bonds is 4. The number of carbonyl (C=O) groups is 2. The summed E-state index contributed by atoms with van der Waals surface area (Å²) in [6.45, 7) is 0.365. The lowest BCUT2D eigenvalue weighted by molar-refractivity contribution is -0.122. The minimum Gasteiger partial charge on any atom is -0.352 e. The molecule has 6 N–H and O–H groups in total. The van der Waals surface area contributed by atoms with Gasteiger partial charge in [-0.25, -0.2) is 4.79 Å². The fourth-order valence-electron chi connectivity index (χ4n) is 2.56. The van der Waals surface area contributed by atoms with Crippen molar-refractivity contribution in [2.75, 3.05) is 5.32 Å². The van der Waals surface area contributed by atoms with Crippen LogP contribution < -0.4 is 22.1 Å². The number of carbonyl (C=O) groups excluding carboxylic acids is 2. The van der Waals surface area contributed by atoms with Crippen LogP contribution >= 0.6 is 12.4 Å². The van der Waals surface area contributed by atoms with Gasteiger partial charge in [-0.05, 0) is 30.5 Å². The van der Waals surface area contributed by atoms with Gasteiger partial charge in [0.25, 0.3) is 0 Å². The van der Waals surface area contributed by atoms with E-state index in [4.69, 9.17) is 11.5 Å². The third-order valence-electron chi connectivity index (χ3n) is 3.88. The normalized spacial score (nSPS) is 16.2. The fourth-order valence-corrected chi connectivity index (χ4v) is 2.56. The van der Waals surface area contributed by atoms with Gasteiger partial charge in [-0.15, -0.1) is 12.4 Å². The molecule has 1 aromatic rings. The Morgan fingerprint density at radius 2 is 1.68 bits per heavy atom. The summed E-state index contributed by atoms with van der Waals surface area (Å²) in [5.74, 6) is -0.120. The molecule has 7 heteroatoms. The minimum atomic E-state index is -0.746. The smallest absolute Gasteiger partial charge is 0.312 e. The maximum Gasteiger partial charge on any atom is 0.312 e. The number of nitrogens with one attached hydrogen (secondary N) is 2. The Hall–Kier alpha value is -1.79. The molecule has 1 aliphatic rings. The SMILES string of the molecule is Cl.NC(=O)NCc1ccc(NC(=O)C2(N)CCCCC2)cc1. The molecule has 0 spiro atoms. The summed E-state index contributed by atoms with van der Waals surface area (Å²) in [5.41, 5.74) is 12.1. The number of anilines is 1. The van der Waals surface area contributed by atoms with E-state index in [-0.39, 0.29) is 18.3 Å². The highest BCUT2D eigenvalue weighted by molar-refractivity contribution is 5.98. The second kappa shape index (κ2) is 8.00. The number of halogens is 1. The Kier molecular flexibility index (Phi) is 6.64. The largest absolute Gasteiger partial charge is 0.352 e. The summed E-state index contributed by atoms with van der Waals surface area (Å²) in [7, 11) is 0. The molecule has 1 saturated carbocycles. The average Bonchev–Trinajstić information content (AvgIpc) is 2.47. The Labute approximate surface area is 136 Å². The standard InChI is InChI=1S/C15H22N4O2.ClH/c16-14(21)18-10-11-4-6-12(7-5-11)19-13(20)15(17)8-2-1-3-9-15;/h4-7H,1-3,8-10,17H2,(H,19,20)(H3,16,18,21);1H. The first-order chi connectivity index (χ1) is 9.99. The second-order valence-corrected chi connectivity index (χ2v) is 5.59. The van der Waals surface area contributed by atoms with Crippen molar-refractivity contribution in [3.63, 3.8) is 0 Å². The van der Waals surface area contributed by atoms with E-state index in [1.807, 2.05) is 12.1 Å². The van der Waals surface area contributed by atoms with Gasteiger partial charge in [0.1, 0.15) is 0 Å². The number of nitrogens with two attached hydrogens (primary N) is 2. The van der Waals surface area contributed by atoms with Crippen LogP contribution in [-0.2, 0) is 11.3 Å². The molecule has 0 bridgehead atoms. The lowest BCUT2D eigenvalue weighted by Gasteiger charge is -2.31. The van der Waals surface area contributed by atoms with Crippen molar-refractivity contribution in [3.05, 3.63) is 29.8 Å². The van der Waals surface area contributed by atoms with E-state index < -0.39 is 11.6 Å². The van der Waals surface area contributed by atoms with E-state index in [9.17, 15) is 9.59 Å². The van der Waals surface area contributed by atoms with Crippen LogP contribution in [0.4, 0.5) is 10.5 Å². The Morgan fingerprint density at radius 3 is 2.23 bits per heavy atom. The third kappa shape index (κ3) is 4.89. The van der Waals surface area contributed by atoms with Crippen LogP contribution in [0.3, 0.4) is 0 Å². The first-order valence-corrected chi connectivity index (χ1v) is 7.22. The molecule has 2 rings (SSSR count). The molecule has 1 aliphatic carbocycles. The van der Waals surface area contributed by atoms with Crippen LogP contribution in [0.1, 0.15) is 37.7 Å². The number of amides is 3. The van der Waals surface area contributed by atoms with E-state index in [0.29, 0.717) is 12.2 Å². The molecule has 0 heterocycles. The summed E-state index contributed by atoms with van der Waals surface area (Å²) in [5, 5.41) is 5.38. The van der Waals surface area contributed by atoms with Gasteiger partial charge in [0, 0.05) is 12.2 Å². The van der Waals surface area contributed by atoms with Gasteiger partial charge in [0.2, 0.25) is 5.91 Å². The number of urea groups is 1. The van der Waals surface area contributed by atoms with Crippen molar-refractivity contribution in [1.29, 1.82) is 0 Å². The van der Waals surface area contributed by atoms with Crippen molar-refractivity contribution in [1.82, 2.24) is 5.32 Å². The highest BCUT2D eigenvalue weighted by atomic mass is 35.5. The molecule has 1 aromatic carbocycles. The first kappa shape index (κ1) is 18.3. The lowest BCUT2D eigenvalue weighted by Crippen LogP contribution is -2.52. The zero-order chi connectivity index (χ0) is 15.3. The van der Waals surface area contributed by atoms with Crippen molar-refractivity contribution in [2.24, 2.45) is 11.5 Å². The van der Waals surface area contributed by atoms with Gasteiger partial charge >= 0.3 is 6.03 Å².